The molecule has 1 atom stereocenters. The molecule has 20 heavy (non-hydrogen) atoms. The molecule has 4 heteroatoms. The molecule has 0 saturated carbocycles. The van der Waals surface area contributed by atoms with Gasteiger partial charge in [-0.2, -0.15) is 0 Å². The molecule has 2 nitrogen and oxygen atoms in total. The highest BCUT2D eigenvalue weighted by molar-refractivity contribution is 7.09. The third-order valence-corrected chi connectivity index (χ3v) is 4.09. The van der Waals surface area contributed by atoms with Gasteiger partial charge in [-0.25, -0.2) is 9.37 Å². The van der Waals surface area contributed by atoms with Gasteiger partial charge >= 0.3 is 0 Å². The quantitative estimate of drug-likeness (QED) is 0.889. The normalized spacial score (nSPS) is 12.7. The summed E-state index contributed by atoms with van der Waals surface area (Å²) in [6, 6.07) is 3.46. The largest absolute Gasteiger partial charge is 0.305 e. The van der Waals surface area contributed by atoms with Crippen molar-refractivity contribution < 1.29 is 4.39 Å². The lowest BCUT2D eigenvalue weighted by molar-refractivity contribution is 0.537. The number of aromatic nitrogens is 1. The van der Waals surface area contributed by atoms with Gasteiger partial charge < -0.3 is 5.32 Å². The molecule has 0 spiro atoms. The first-order chi connectivity index (χ1) is 9.52. The Morgan fingerprint density at radius 2 is 2.05 bits per heavy atom. The summed E-state index contributed by atoms with van der Waals surface area (Å²) in [6.45, 7) is 8.80. The summed E-state index contributed by atoms with van der Waals surface area (Å²) in [4.78, 5) is 4.53. The monoisotopic (exact) mass is 292 g/mol. The Morgan fingerprint density at radius 1 is 1.30 bits per heavy atom. The highest BCUT2D eigenvalue weighted by Gasteiger charge is 2.22. The van der Waals surface area contributed by atoms with Gasteiger partial charge in [-0.3, -0.25) is 0 Å². The number of benzene rings is 1. The molecular weight excluding hydrogens is 271 g/mol. The molecule has 2 rings (SSSR count). The van der Waals surface area contributed by atoms with Gasteiger partial charge in [0, 0.05) is 10.9 Å². The third kappa shape index (κ3) is 3.25. The molecule has 0 bridgehead atoms. The Morgan fingerprint density at radius 3 is 2.60 bits per heavy atom. The molecule has 2 aromatic rings. The van der Waals surface area contributed by atoms with Crippen LogP contribution in [-0.4, -0.2) is 11.5 Å². The van der Waals surface area contributed by atoms with E-state index in [-0.39, 0.29) is 11.9 Å². The lowest BCUT2D eigenvalue weighted by Crippen LogP contribution is -2.25. The summed E-state index contributed by atoms with van der Waals surface area (Å²) in [5.41, 5.74) is 3.55. The molecule has 0 aliphatic carbocycles. The molecule has 1 aromatic heterocycles. The van der Waals surface area contributed by atoms with E-state index in [0.717, 1.165) is 34.8 Å². The van der Waals surface area contributed by atoms with E-state index < -0.39 is 0 Å². The average Bonchev–Trinajstić information content (AvgIpc) is 2.78. The standard InChI is InChI=1S/C16H21FN2S/c1-5-6-18-16(14-9-20-12(4)19-14)15-11(3)7-10(2)8-13(15)17/h7-9,16,18H,5-6H2,1-4H3. The van der Waals surface area contributed by atoms with Crippen molar-refractivity contribution >= 4 is 11.3 Å². The van der Waals surface area contributed by atoms with Gasteiger partial charge in [-0.15, -0.1) is 11.3 Å². The van der Waals surface area contributed by atoms with Gasteiger partial charge in [0.15, 0.2) is 0 Å². The smallest absolute Gasteiger partial charge is 0.128 e. The molecule has 1 N–H and O–H groups in total. The molecule has 1 unspecified atom stereocenters. The topological polar surface area (TPSA) is 24.9 Å². The van der Waals surface area contributed by atoms with E-state index in [0.29, 0.717) is 5.56 Å². The average molecular weight is 292 g/mol. The Hall–Kier alpha value is -1.26. The zero-order valence-corrected chi connectivity index (χ0v) is 13.3. The van der Waals surface area contributed by atoms with Crippen LogP contribution in [-0.2, 0) is 0 Å². The maximum absolute atomic E-state index is 14.4. The van der Waals surface area contributed by atoms with Gasteiger partial charge in [0.2, 0.25) is 0 Å². The van der Waals surface area contributed by atoms with E-state index in [1.165, 1.54) is 0 Å². The minimum atomic E-state index is -0.166. The van der Waals surface area contributed by atoms with Crippen molar-refractivity contribution in [2.45, 2.75) is 40.2 Å². The van der Waals surface area contributed by atoms with Crippen molar-refractivity contribution in [3.63, 3.8) is 0 Å². The first kappa shape index (κ1) is 15.1. The maximum atomic E-state index is 14.4. The van der Waals surface area contributed by atoms with Crippen molar-refractivity contribution in [2.24, 2.45) is 0 Å². The van der Waals surface area contributed by atoms with Gasteiger partial charge in [0.05, 0.1) is 16.7 Å². The van der Waals surface area contributed by atoms with Gasteiger partial charge in [-0.1, -0.05) is 13.0 Å². The molecule has 1 heterocycles. The first-order valence-electron chi connectivity index (χ1n) is 6.95. The second-order valence-corrected chi connectivity index (χ2v) is 6.22. The van der Waals surface area contributed by atoms with Crippen LogP contribution >= 0.6 is 11.3 Å². The molecule has 0 saturated heterocycles. The number of nitrogens with one attached hydrogen (secondary N) is 1. The Balaban J connectivity index is 2.46. The minimum absolute atomic E-state index is 0.151. The summed E-state index contributed by atoms with van der Waals surface area (Å²) in [5.74, 6) is -0.151. The van der Waals surface area contributed by atoms with Crippen LogP contribution in [0.4, 0.5) is 4.39 Å². The van der Waals surface area contributed by atoms with Crippen LogP contribution in [0.25, 0.3) is 0 Å². The van der Waals surface area contributed by atoms with Crippen LogP contribution in [0.15, 0.2) is 17.5 Å². The van der Waals surface area contributed by atoms with E-state index in [2.05, 4.69) is 17.2 Å². The van der Waals surface area contributed by atoms with E-state index in [1.54, 1.807) is 17.4 Å². The number of hydrogen-bond donors (Lipinski definition) is 1. The fourth-order valence-electron chi connectivity index (χ4n) is 2.45. The predicted octanol–water partition coefficient (Wildman–Crippen LogP) is 4.30. The Kier molecular flexibility index (Phi) is 4.89. The van der Waals surface area contributed by atoms with Crippen molar-refractivity contribution in [1.82, 2.24) is 10.3 Å². The molecule has 1 aromatic carbocycles. The number of nitrogens with zero attached hydrogens (tertiary/aromatic N) is 1. The Labute approximate surface area is 124 Å². The van der Waals surface area contributed by atoms with Crippen LogP contribution in [0.3, 0.4) is 0 Å². The molecule has 0 fully saturated rings. The lowest BCUT2D eigenvalue weighted by atomic mass is 9.96. The van der Waals surface area contributed by atoms with Crippen LogP contribution in [0, 0.1) is 26.6 Å². The summed E-state index contributed by atoms with van der Waals surface area (Å²) in [7, 11) is 0. The van der Waals surface area contributed by atoms with Crippen LogP contribution in [0.2, 0.25) is 0 Å². The maximum Gasteiger partial charge on any atom is 0.128 e. The molecular formula is C16H21FN2S. The fourth-order valence-corrected chi connectivity index (χ4v) is 3.09. The number of halogens is 1. The lowest BCUT2D eigenvalue weighted by Gasteiger charge is -2.20. The zero-order chi connectivity index (χ0) is 14.7. The fraction of sp³-hybridized carbons (Fsp3) is 0.438. The number of rotatable bonds is 5. The summed E-state index contributed by atoms with van der Waals surface area (Å²) in [6.07, 6.45) is 1.01. The minimum Gasteiger partial charge on any atom is -0.305 e. The van der Waals surface area contributed by atoms with E-state index in [9.17, 15) is 4.39 Å². The Bertz CT molecular complexity index is 569. The van der Waals surface area contributed by atoms with E-state index >= 15 is 0 Å². The molecule has 0 aliphatic rings. The molecule has 0 radical (unpaired) electrons. The van der Waals surface area contributed by atoms with Gasteiger partial charge in [0.1, 0.15) is 5.82 Å². The second kappa shape index (κ2) is 6.46. The first-order valence-corrected chi connectivity index (χ1v) is 7.83. The highest BCUT2D eigenvalue weighted by atomic mass is 32.1. The van der Waals surface area contributed by atoms with Crippen LogP contribution < -0.4 is 5.32 Å². The number of hydrogen-bond acceptors (Lipinski definition) is 3. The number of thiazole rings is 1. The SMILES string of the molecule is CCCNC(c1csc(C)n1)c1c(C)cc(C)cc1F. The van der Waals surface area contributed by atoms with E-state index in [4.69, 9.17) is 0 Å². The predicted molar refractivity (Wildman–Crippen MR) is 82.9 cm³/mol. The van der Waals surface area contributed by atoms with E-state index in [1.807, 2.05) is 32.2 Å². The van der Waals surface area contributed by atoms with Crippen LogP contribution in [0.5, 0.6) is 0 Å². The third-order valence-electron chi connectivity index (χ3n) is 3.30. The van der Waals surface area contributed by atoms with Gasteiger partial charge in [0.25, 0.3) is 0 Å². The van der Waals surface area contributed by atoms with Crippen molar-refractivity contribution in [3.8, 4) is 0 Å². The molecule has 0 aliphatic heterocycles. The zero-order valence-electron chi connectivity index (χ0n) is 12.5. The summed E-state index contributed by atoms with van der Waals surface area (Å²) in [5, 5.41) is 6.44. The van der Waals surface area contributed by atoms with Crippen molar-refractivity contribution in [2.75, 3.05) is 6.54 Å². The summed E-state index contributed by atoms with van der Waals surface area (Å²) < 4.78 is 14.4. The molecule has 108 valence electrons. The number of aryl methyl sites for hydroxylation is 3. The second-order valence-electron chi connectivity index (χ2n) is 5.16. The highest BCUT2D eigenvalue weighted by Crippen LogP contribution is 2.29. The van der Waals surface area contributed by atoms with Crippen LogP contribution in [0.1, 0.15) is 46.8 Å². The van der Waals surface area contributed by atoms with Gasteiger partial charge in [-0.05, 0) is 50.9 Å². The van der Waals surface area contributed by atoms with Crippen molar-refractivity contribution in [1.29, 1.82) is 0 Å². The molecule has 0 amide bonds. The van der Waals surface area contributed by atoms with Crippen molar-refractivity contribution in [3.05, 3.63) is 50.7 Å². The summed E-state index contributed by atoms with van der Waals surface area (Å²) >= 11 is 1.60.